The number of tetrazole rings is 1. The largest absolute Gasteiger partial charge is 0.454 e. The summed E-state index contributed by atoms with van der Waals surface area (Å²) in [4.78, 5) is 12.0. The summed E-state index contributed by atoms with van der Waals surface area (Å²) in [5.74, 6) is -0.0556. The molecule has 0 bridgehead atoms. The van der Waals surface area contributed by atoms with Gasteiger partial charge >= 0.3 is 5.97 Å². The third kappa shape index (κ3) is 4.01. The molecule has 0 saturated carbocycles. The highest BCUT2D eigenvalue weighted by molar-refractivity contribution is 5.86. The molecule has 0 atom stereocenters. The van der Waals surface area contributed by atoms with Crippen LogP contribution in [-0.2, 0) is 16.1 Å². The molecule has 28 heavy (non-hydrogen) atoms. The summed E-state index contributed by atoms with van der Waals surface area (Å²) in [6.45, 7) is -0.0334. The Morgan fingerprint density at radius 2 is 1.71 bits per heavy atom. The highest BCUT2D eigenvalue weighted by Crippen LogP contribution is 2.10. The van der Waals surface area contributed by atoms with Gasteiger partial charge in [-0.05, 0) is 40.8 Å². The van der Waals surface area contributed by atoms with Crippen molar-refractivity contribution >= 4 is 12.0 Å². The van der Waals surface area contributed by atoms with E-state index in [2.05, 4.69) is 20.6 Å². The number of para-hydroxylation sites is 2. The third-order valence-corrected chi connectivity index (χ3v) is 3.91. The molecule has 0 saturated heterocycles. The van der Waals surface area contributed by atoms with Crippen molar-refractivity contribution < 1.29 is 9.53 Å². The summed E-state index contributed by atoms with van der Waals surface area (Å²) in [6, 6.07) is 19.1. The van der Waals surface area contributed by atoms with Gasteiger partial charge < -0.3 is 4.74 Å². The van der Waals surface area contributed by atoms with Gasteiger partial charge in [0.1, 0.15) is 0 Å². The molecule has 2 aromatic carbocycles. The monoisotopic (exact) mass is 372 g/mol. The highest BCUT2D eigenvalue weighted by Gasteiger charge is 2.10. The van der Waals surface area contributed by atoms with E-state index >= 15 is 0 Å². The number of esters is 1. The first-order valence-electron chi connectivity index (χ1n) is 8.57. The molecule has 0 amide bonds. The van der Waals surface area contributed by atoms with Crippen LogP contribution < -0.4 is 0 Å². The molecule has 2 aromatic heterocycles. The van der Waals surface area contributed by atoms with E-state index < -0.39 is 5.97 Å². The standard InChI is InChI=1S/C20H16N6O2/c27-20(12-11-16-13-21-25(14-16)17-7-3-1-4-8-17)28-15-19-22-23-24-26(19)18-9-5-2-6-10-18/h1-14H,15H2/b12-11+. The molecule has 0 radical (unpaired) electrons. The fourth-order valence-corrected chi connectivity index (χ4v) is 2.56. The predicted octanol–water partition coefficient (Wildman–Crippen LogP) is 2.60. The van der Waals surface area contributed by atoms with Crippen molar-refractivity contribution in [3.8, 4) is 11.4 Å². The minimum Gasteiger partial charge on any atom is -0.454 e. The molecule has 8 nitrogen and oxygen atoms in total. The molecule has 0 spiro atoms. The number of hydrogen-bond donors (Lipinski definition) is 0. The van der Waals surface area contributed by atoms with Gasteiger partial charge in [-0.15, -0.1) is 5.10 Å². The fourth-order valence-electron chi connectivity index (χ4n) is 2.56. The second kappa shape index (κ2) is 8.09. The van der Waals surface area contributed by atoms with Gasteiger partial charge in [0, 0.05) is 17.8 Å². The third-order valence-electron chi connectivity index (χ3n) is 3.91. The average Bonchev–Trinajstić information content (AvgIpc) is 3.41. The Labute approximate surface area is 160 Å². The van der Waals surface area contributed by atoms with E-state index in [1.165, 1.54) is 10.8 Å². The van der Waals surface area contributed by atoms with Gasteiger partial charge in [0.05, 0.1) is 17.6 Å². The lowest BCUT2D eigenvalue weighted by Gasteiger charge is -2.04. The second-order valence-corrected chi connectivity index (χ2v) is 5.84. The maximum atomic E-state index is 12.0. The Kier molecular flexibility index (Phi) is 5.01. The first-order valence-corrected chi connectivity index (χ1v) is 8.57. The number of rotatable bonds is 6. The van der Waals surface area contributed by atoms with Crippen molar-refractivity contribution in [2.75, 3.05) is 0 Å². The van der Waals surface area contributed by atoms with E-state index in [0.29, 0.717) is 5.82 Å². The zero-order chi connectivity index (χ0) is 19.2. The Morgan fingerprint density at radius 1 is 1.00 bits per heavy atom. The van der Waals surface area contributed by atoms with Gasteiger partial charge in [0.2, 0.25) is 0 Å². The van der Waals surface area contributed by atoms with Gasteiger partial charge in [-0.2, -0.15) is 9.78 Å². The predicted molar refractivity (Wildman–Crippen MR) is 102 cm³/mol. The smallest absolute Gasteiger partial charge is 0.331 e. The first-order chi connectivity index (χ1) is 13.8. The summed E-state index contributed by atoms with van der Waals surface area (Å²) in [6.07, 6.45) is 6.50. The highest BCUT2D eigenvalue weighted by atomic mass is 16.5. The van der Waals surface area contributed by atoms with Crippen LogP contribution in [0.15, 0.2) is 79.1 Å². The molecular weight excluding hydrogens is 356 g/mol. The maximum absolute atomic E-state index is 12.0. The maximum Gasteiger partial charge on any atom is 0.331 e. The molecule has 0 fully saturated rings. The number of hydrogen-bond acceptors (Lipinski definition) is 6. The summed E-state index contributed by atoms with van der Waals surface area (Å²) in [7, 11) is 0. The van der Waals surface area contributed by atoms with E-state index in [-0.39, 0.29) is 6.61 Å². The Bertz CT molecular complexity index is 1090. The van der Waals surface area contributed by atoms with E-state index in [0.717, 1.165) is 16.9 Å². The van der Waals surface area contributed by atoms with Crippen LogP contribution in [0.3, 0.4) is 0 Å². The quantitative estimate of drug-likeness (QED) is 0.382. The molecule has 0 aliphatic carbocycles. The average molecular weight is 372 g/mol. The SMILES string of the molecule is O=C(/C=C/c1cnn(-c2ccccc2)c1)OCc1nnnn1-c1ccccc1. The Balaban J connectivity index is 1.37. The summed E-state index contributed by atoms with van der Waals surface area (Å²) in [5, 5.41) is 15.8. The molecule has 0 unspecified atom stereocenters. The van der Waals surface area contributed by atoms with E-state index in [4.69, 9.17) is 4.74 Å². The molecule has 138 valence electrons. The van der Waals surface area contributed by atoms with Crippen LogP contribution in [0.2, 0.25) is 0 Å². The second-order valence-electron chi connectivity index (χ2n) is 5.84. The van der Waals surface area contributed by atoms with Gasteiger partial charge in [0.15, 0.2) is 12.4 Å². The lowest BCUT2D eigenvalue weighted by Crippen LogP contribution is -2.08. The van der Waals surface area contributed by atoms with Gasteiger partial charge in [-0.3, -0.25) is 0 Å². The molecular formula is C20H16N6O2. The zero-order valence-electron chi connectivity index (χ0n) is 14.8. The minimum atomic E-state index is -0.491. The Hall–Kier alpha value is -4.07. The van der Waals surface area contributed by atoms with Crippen molar-refractivity contribution in [3.05, 3.63) is 90.5 Å². The molecule has 4 rings (SSSR count). The number of ether oxygens (including phenoxy) is 1. The zero-order valence-corrected chi connectivity index (χ0v) is 14.8. The molecule has 0 aliphatic heterocycles. The molecule has 4 aromatic rings. The normalized spacial score (nSPS) is 11.0. The van der Waals surface area contributed by atoms with Crippen LogP contribution in [0.25, 0.3) is 17.5 Å². The van der Waals surface area contributed by atoms with Crippen molar-refractivity contribution in [2.24, 2.45) is 0 Å². The number of nitrogens with zero attached hydrogens (tertiary/aromatic N) is 6. The van der Waals surface area contributed by atoms with Crippen LogP contribution in [0, 0.1) is 0 Å². The summed E-state index contributed by atoms with van der Waals surface area (Å²) in [5.41, 5.74) is 2.52. The van der Waals surface area contributed by atoms with Crippen molar-refractivity contribution in [2.45, 2.75) is 6.61 Å². The first kappa shape index (κ1) is 17.3. The van der Waals surface area contributed by atoms with Crippen LogP contribution in [-0.4, -0.2) is 36.0 Å². The topological polar surface area (TPSA) is 87.7 Å². The van der Waals surface area contributed by atoms with Crippen molar-refractivity contribution in [1.29, 1.82) is 0 Å². The molecule has 8 heteroatoms. The molecule has 2 heterocycles. The van der Waals surface area contributed by atoms with Crippen LogP contribution in [0.5, 0.6) is 0 Å². The number of carbonyl (C=O) groups excluding carboxylic acids is 1. The van der Waals surface area contributed by atoms with Crippen LogP contribution in [0.1, 0.15) is 11.4 Å². The van der Waals surface area contributed by atoms with Gasteiger partial charge in [-0.25, -0.2) is 9.48 Å². The fraction of sp³-hybridized carbons (Fsp3) is 0.0500. The van der Waals surface area contributed by atoms with E-state index in [9.17, 15) is 4.79 Å². The van der Waals surface area contributed by atoms with E-state index in [1.54, 1.807) is 17.0 Å². The number of carbonyl (C=O) groups is 1. The summed E-state index contributed by atoms with van der Waals surface area (Å²) < 4.78 is 8.51. The van der Waals surface area contributed by atoms with Crippen LogP contribution >= 0.6 is 0 Å². The van der Waals surface area contributed by atoms with Crippen LogP contribution in [0.4, 0.5) is 0 Å². The lowest BCUT2D eigenvalue weighted by atomic mass is 10.3. The summed E-state index contributed by atoms with van der Waals surface area (Å²) >= 11 is 0. The Morgan fingerprint density at radius 3 is 2.46 bits per heavy atom. The van der Waals surface area contributed by atoms with Gasteiger partial charge in [-0.1, -0.05) is 36.4 Å². The lowest BCUT2D eigenvalue weighted by molar-refractivity contribution is -0.139. The van der Waals surface area contributed by atoms with E-state index in [1.807, 2.05) is 66.9 Å². The molecule has 0 N–H and O–H groups in total. The van der Waals surface area contributed by atoms with Crippen molar-refractivity contribution in [3.63, 3.8) is 0 Å². The number of benzene rings is 2. The molecule has 0 aliphatic rings. The van der Waals surface area contributed by atoms with Gasteiger partial charge in [0.25, 0.3) is 0 Å². The minimum absolute atomic E-state index is 0.0334. The van der Waals surface area contributed by atoms with Crippen molar-refractivity contribution in [1.82, 2.24) is 30.0 Å². The number of aromatic nitrogens is 6.